The molecule has 106 valence electrons. The second-order valence-corrected chi connectivity index (χ2v) is 5.28. The lowest BCUT2D eigenvalue weighted by Crippen LogP contribution is -2.65. The van der Waals surface area contributed by atoms with Crippen molar-refractivity contribution >= 4 is 17.7 Å². The predicted molar refractivity (Wildman–Crippen MR) is 71.5 cm³/mol. The zero-order valence-corrected chi connectivity index (χ0v) is 11.5. The highest BCUT2D eigenvalue weighted by molar-refractivity contribution is 6.06. The molecule has 0 spiro atoms. The van der Waals surface area contributed by atoms with Gasteiger partial charge in [0.05, 0.1) is 0 Å². The molecule has 0 unspecified atom stereocenters. The maximum Gasteiger partial charge on any atom is 0.252 e. The summed E-state index contributed by atoms with van der Waals surface area (Å²) < 4.78 is 0. The van der Waals surface area contributed by atoms with Crippen LogP contribution in [0, 0.1) is 0 Å². The van der Waals surface area contributed by atoms with E-state index in [1.807, 2.05) is 12.1 Å². The Morgan fingerprint density at radius 2 is 2.20 bits per heavy atom. The Labute approximate surface area is 117 Å². The Morgan fingerprint density at radius 3 is 2.85 bits per heavy atom. The van der Waals surface area contributed by atoms with E-state index in [0.717, 1.165) is 5.56 Å². The van der Waals surface area contributed by atoms with Gasteiger partial charge in [-0.15, -0.1) is 0 Å². The molecule has 20 heavy (non-hydrogen) atoms. The van der Waals surface area contributed by atoms with Crippen LogP contribution < -0.4 is 5.32 Å². The molecule has 0 aromatic carbocycles. The topological polar surface area (TPSA) is 79.4 Å². The molecule has 0 bridgehead atoms. The van der Waals surface area contributed by atoms with E-state index in [9.17, 15) is 14.4 Å². The SMILES string of the molecule is CC1(C)C(=O)NC(=O)CN1C(=O)CCc1cccnc1. The fourth-order valence-corrected chi connectivity index (χ4v) is 2.12. The van der Waals surface area contributed by atoms with Gasteiger partial charge in [-0.25, -0.2) is 0 Å². The van der Waals surface area contributed by atoms with Crippen molar-refractivity contribution in [3.8, 4) is 0 Å². The first kappa shape index (κ1) is 14.2. The zero-order valence-electron chi connectivity index (χ0n) is 11.5. The largest absolute Gasteiger partial charge is 0.319 e. The predicted octanol–water partition coefficient (Wildman–Crippen LogP) is 0.278. The Morgan fingerprint density at radius 1 is 1.45 bits per heavy atom. The summed E-state index contributed by atoms with van der Waals surface area (Å²) in [6.45, 7) is 3.19. The van der Waals surface area contributed by atoms with Crippen LogP contribution in [0.15, 0.2) is 24.5 Å². The number of aromatic nitrogens is 1. The molecular weight excluding hydrogens is 258 g/mol. The smallest absolute Gasteiger partial charge is 0.252 e. The summed E-state index contributed by atoms with van der Waals surface area (Å²) in [6, 6.07) is 3.70. The van der Waals surface area contributed by atoms with Crippen LogP contribution >= 0.6 is 0 Å². The summed E-state index contributed by atoms with van der Waals surface area (Å²) in [7, 11) is 0. The van der Waals surface area contributed by atoms with E-state index in [2.05, 4.69) is 10.3 Å². The molecule has 1 aromatic heterocycles. The van der Waals surface area contributed by atoms with Gasteiger partial charge in [0.1, 0.15) is 12.1 Å². The average molecular weight is 275 g/mol. The van der Waals surface area contributed by atoms with Gasteiger partial charge in [-0.3, -0.25) is 24.7 Å². The van der Waals surface area contributed by atoms with Gasteiger partial charge in [-0.1, -0.05) is 6.07 Å². The fraction of sp³-hybridized carbons (Fsp3) is 0.429. The van der Waals surface area contributed by atoms with E-state index in [1.165, 1.54) is 4.90 Å². The second kappa shape index (κ2) is 5.40. The van der Waals surface area contributed by atoms with Gasteiger partial charge in [0.2, 0.25) is 11.8 Å². The van der Waals surface area contributed by atoms with E-state index >= 15 is 0 Å². The number of nitrogens with one attached hydrogen (secondary N) is 1. The van der Waals surface area contributed by atoms with Crippen LogP contribution in [0.3, 0.4) is 0 Å². The zero-order chi connectivity index (χ0) is 14.8. The first-order valence-corrected chi connectivity index (χ1v) is 6.45. The average Bonchev–Trinajstić information content (AvgIpc) is 2.41. The normalized spacial score (nSPS) is 17.8. The lowest BCUT2D eigenvalue weighted by molar-refractivity contribution is -0.155. The van der Waals surface area contributed by atoms with Crippen LogP contribution in [0.2, 0.25) is 0 Å². The maximum absolute atomic E-state index is 12.3. The van der Waals surface area contributed by atoms with Crippen LogP contribution in [0.1, 0.15) is 25.8 Å². The number of aryl methyl sites for hydroxylation is 1. The third kappa shape index (κ3) is 2.84. The molecule has 6 nitrogen and oxygen atoms in total. The Balaban J connectivity index is 2.04. The van der Waals surface area contributed by atoms with Crippen molar-refractivity contribution in [3.63, 3.8) is 0 Å². The molecular formula is C14H17N3O3. The number of nitrogens with zero attached hydrogens (tertiary/aromatic N) is 2. The van der Waals surface area contributed by atoms with Crippen molar-refractivity contribution in [1.29, 1.82) is 0 Å². The molecule has 2 heterocycles. The summed E-state index contributed by atoms with van der Waals surface area (Å²) in [5, 5.41) is 2.25. The van der Waals surface area contributed by atoms with E-state index < -0.39 is 17.4 Å². The van der Waals surface area contributed by atoms with Crippen LogP contribution in [0.4, 0.5) is 0 Å². The van der Waals surface area contributed by atoms with Crippen LogP contribution in [-0.2, 0) is 20.8 Å². The van der Waals surface area contributed by atoms with Gasteiger partial charge >= 0.3 is 0 Å². The van der Waals surface area contributed by atoms with Gasteiger partial charge in [-0.2, -0.15) is 0 Å². The molecule has 1 aliphatic rings. The molecule has 0 atom stereocenters. The molecule has 6 heteroatoms. The molecule has 0 saturated carbocycles. The van der Waals surface area contributed by atoms with Gasteiger partial charge in [-0.05, 0) is 31.9 Å². The summed E-state index contributed by atoms with van der Waals surface area (Å²) in [5.41, 5.74) is -0.0497. The fourth-order valence-electron chi connectivity index (χ4n) is 2.12. The maximum atomic E-state index is 12.3. The Hall–Kier alpha value is -2.24. The third-order valence-corrected chi connectivity index (χ3v) is 3.44. The molecule has 1 fully saturated rings. The first-order chi connectivity index (χ1) is 9.41. The number of hydrogen-bond acceptors (Lipinski definition) is 4. The van der Waals surface area contributed by atoms with E-state index in [4.69, 9.17) is 0 Å². The first-order valence-electron chi connectivity index (χ1n) is 6.45. The molecule has 0 aliphatic carbocycles. The van der Waals surface area contributed by atoms with Gasteiger partial charge in [0, 0.05) is 18.8 Å². The molecule has 1 aliphatic heterocycles. The van der Waals surface area contributed by atoms with Crippen LogP contribution in [0.25, 0.3) is 0 Å². The minimum Gasteiger partial charge on any atom is -0.319 e. The van der Waals surface area contributed by atoms with Crippen molar-refractivity contribution < 1.29 is 14.4 Å². The number of carbonyl (C=O) groups excluding carboxylic acids is 3. The van der Waals surface area contributed by atoms with Crippen molar-refractivity contribution in [2.75, 3.05) is 6.54 Å². The molecule has 1 aromatic rings. The van der Waals surface area contributed by atoms with E-state index in [1.54, 1.807) is 26.2 Å². The molecule has 1 saturated heterocycles. The quantitative estimate of drug-likeness (QED) is 0.803. The van der Waals surface area contributed by atoms with Crippen molar-refractivity contribution in [3.05, 3.63) is 30.1 Å². The number of hydrogen-bond donors (Lipinski definition) is 1. The number of amides is 3. The summed E-state index contributed by atoms with van der Waals surface area (Å²) >= 11 is 0. The molecule has 3 amide bonds. The molecule has 0 radical (unpaired) electrons. The minimum atomic E-state index is -1.00. The third-order valence-electron chi connectivity index (χ3n) is 3.44. The minimum absolute atomic E-state index is 0.0788. The second-order valence-electron chi connectivity index (χ2n) is 5.28. The number of pyridine rings is 1. The standard InChI is InChI=1S/C14H17N3O3/c1-14(2)13(20)16-11(18)9-17(14)12(19)6-5-10-4-3-7-15-8-10/h3-4,7-8H,5-6,9H2,1-2H3,(H,16,18,20). The van der Waals surface area contributed by atoms with Gasteiger partial charge in [0.25, 0.3) is 5.91 Å². The number of rotatable bonds is 3. The van der Waals surface area contributed by atoms with Gasteiger partial charge < -0.3 is 4.90 Å². The number of carbonyl (C=O) groups is 3. The monoisotopic (exact) mass is 275 g/mol. The van der Waals surface area contributed by atoms with Crippen molar-refractivity contribution in [2.24, 2.45) is 0 Å². The molecule has 1 N–H and O–H groups in total. The lowest BCUT2D eigenvalue weighted by Gasteiger charge is -2.40. The van der Waals surface area contributed by atoms with E-state index in [0.29, 0.717) is 6.42 Å². The molecule has 2 rings (SSSR count). The lowest BCUT2D eigenvalue weighted by atomic mass is 9.97. The summed E-state index contributed by atoms with van der Waals surface area (Å²) in [5.74, 6) is -1.09. The summed E-state index contributed by atoms with van der Waals surface area (Å²) in [4.78, 5) is 40.8. The van der Waals surface area contributed by atoms with Crippen LogP contribution in [-0.4, -0.2) is 39.7 Å². The van der Waals surface area contributed by atoms with Crippen molar-refractivity contribution in [2.45, 2.75) is 32.2 Å². The highest BCUT2D eigenvalue weighted by Gasteiger charge is 2.43. The number of piperazine rings is 1. The highest BCUT2D eigenvalue weighted by Crippen LogP contribution is 2.19. The van der Waals surface area contributed by atoms with E-state index in [-0.39, 0.29) is 18.9 Å². The van der Waals surface area contributed by atoms with Crippen molar-refractivity contribution in [1.82, 2.24) is 15.2 Å². The van der Waals surface area contributed by atoms with Crippen LogP contribution in [0.5, 0.6) is 0 Å². The highest BCUT2D eigenvalue weighted by atomic mass is 16.2. The van der Waals surface area contributed by atoms with Gasteiger partial charge in [0.15, 0.2) is 0 Å². The number of imide groups is 1. The summed E-state index contributed by atoms with van der Waals surface area (Å²) in [6.07, 6.45) is 4.15. The Bertz CT molecular complexity index is 540. The Kier molecular flexibility index (Phi) is 3.83.